The maximum absolute atomic E-state index is 6.53. The van der Waals surface area contributed by atoms with Crippen LogP contribution in [-0.4, -0.2) is 22.0 Å². The zero-order valence-corrected chi connectivity index (χ0v) is 16.5. The Balaban J connectivity index is 4.97. The summed E-state index contributed by atoms with van der Waals surface area (Å²) in [7, 11) is -2.62. The van der Waals surface area contributed by atoms with Gasteiger partial charge in [0.05, 0.1) is 7.59 Å². The van der Waals surface area contributed by atoms with Crippen molar-refractivity contribution in [2.75, 3.05) is 6.61 Å². The second-order valence-electron chi connectivity index (χ2n) is 5.93. The molecule has 0 N–H and O–H groups in total. The molecule has 0 radical (unpaired) electrons. The van der Waals surface area contributed by atoms with Crippen molar-refractivity contribution in [3.05, 3.63) is 0 Å². The van der Waals surface area contributed by atoms with Gasteiger partial charge in [0.1, 0.15) is 0 Å². The Morgan fingerprint density at radius 3 is 1.63 bits per heavy atom. The van der Waals surface area contributed by atoms with Crippen LogP contribution in [0.3, 0.4) is 0 Å². The van der Waals surface area contributed by atoms with Crippen molar-refractivity contribution in [3.63, 3.8) is 0 Å². The van der Waals surface area contributed by atoms with Crippen LogP contribution in [-0.2, 0) is 4.43 Å². The van der Waals surface area contributed by atoms with Gasteiger partial charge in [-0.15, -0.1) is 0 Å². The van der Waals surface area contributed by atoms with Crippen LogP contribution < -0.4 is 0 Å². The Morgan fingerprint density at radius 1 is 0.684 bits per heavy atom. The first kappa shape index (κ1) is 19.4. The minimum atomic E-state index is -1.44. The van der Waals surface area contributed by atoms with Gasteiger partial charge in [0.25, 0.3) is 0 Å². The summed E-state index contributed by atoms with van der Waals surface area (Å²) in [6.45, 7) is 15.2. The summed E-state index contributed by atoms with van der Waals surface area (Å²) in [6.07, 6.45) is 5.67. The fraction of sp³-hybridized carbons (Fsp3) is 1.00. The smallest absolute Gasteiger partial charge is 0.179 e. The topological polar surface area (TPSA) is 9.23 Å². The second kappa shape index (κ2) is 10.2. The van der Waals surface area contributed by atoms with Crippen molar-refractivity contribution in [1.29, 1.82) is 0 Å². The van der Waals surface area contributed by atoms with Crippen molar-refractivity contribution in [2.24, 2.45) is 0 Å². The van der Waals surface area contributed by atoms with Gasteiger partial charge < -0.3 is 4.43 Å². The third kappa shape index (κ3) is 4.71. The molecule has 0 heterocycles. The first-order valence-corrected chi connectivity index (χ1v) is 14.7. The SMILES string of the molecule is CCCCCC[Si](CC)(CC)[Si](CC)(CC)OCC. The van der Waals surface area contributed by atoms with Gasteiger partial charge in [-0.2, -0.15) is 0 Å². The lowest BCUT2D eigenvalue weighted by atomic mass is 10.2. The highest BCUT2D eigenvalue weighted by Crippen LogP contribution is 2.38. The lowest BCUT2D eigenvalue weighted by Gasteiger charge is -2.46. The molecule has 19 heavy (non-hydrogen) atoms. The molecule has 116 valence electrons. The number of unbranched alkanes of at least 4 members (excludes halogenated alkanes) is 3. The van der Waals surface area contributed by atoms with E-state index in [1.54, 1.807) is 0 Å². The van der Waals surface area contributed by atoms with E-state index in [1.807, 2.05) is 0 Å². The molecule has 0 bridgehead atoms. The third-order valence-electron chi connectivity index (χ3n) is 5.39. The highest BCUT2D eigenvalue weighted by molar-refractivity contribution is 7.40. The molecule has 0 aromatic heterocycles. The summed E-state index contributed by atoms with van der Waals surface area (Å²) in [5, 5.41) is 0. The Hall–Kier alpha value is 0.394. The monoisotopic (exact) mass is 302 g/mol. The van der Waals surface area contributed by atoms with E-state index in [9.17, 15) is 0 Å². The standard InChI is InChI=1S/C16H38OSi2/c1-7-13-14-15-16-18(9-3,10-4)19(11-5,12-6)17-8-2/h7-16H2,1-6H3. The molecular formula is C16H38OSi2. The molecule has 0 aliphatic carbocycles. The molecular weight excluding hydrogens is 264 g/mol. The highest BCUT2D eigenvalue weighted by atomic mass is 29.3. The Morgan fingerprint density at radius 2 is 1.26 bits per heavy atom. The fourth-order valence-electron chi connectivity index (χ4n) is 4.00. The molecule has 1 nitrogen and oxygen atoms in total. The van der Waals surface area contributed by atoms with Crippen molar-refractivity contribution < 1.29 is 4.43 Å². The molecule has 0 amide bonds. The number of hydrogen-bond donors (Lipinski definition) is 0. The molecule has 3 heteroatoms. The molecule has 0 aromatic carbocycles. The predicted molar refractivity (Wildman–Crippen MR) is 94.0 cm³/mol. The first-order chi connectivity index (χ1) is 9.11. The van der Waals surface area contributed by atoms with Crippen LogP contribution >= 0.6 is 0 Å². The lowest BCUT2D eigenvalue weighted by Crippen LogP contribution is -2.63. The molecule has 0 atom stereocenters. The van der Waals surface area contributed by atoms with E-state index < -0.39 is 15.4 Å². The average Bonchev–Trinajstić information content (AvgIpc) is 2.46. The summed E-state index contributed by atoms with van der Waals surface area (Å²) in [5.74, 6) is 0. The summed E-state index contributed by atoms with van der Waals surface area (Å²) in [5.41, 5.74) is 0. The van der Waals surface area contributed by atoms with E-state index in [1.165, 1.54) is 55.9 Å². The first-order valence-electron chi connectivity index (χ1n) is 8.75. The van der Waals surface area contributed by atoms with Crippen molar-refractivity contribution in [2.45, 2.75) is 97.4 Å². The molecule has 0 aliphatic rings. The summed E-state index contributed by atoms with van der Waals surface area (Å²) < 4.78 is 6.53. The van der Waals surface area contributed by atoms with Crippen LogP contribution in [0.5, 0.6) is 0 Å². The minimum Gasteiger partial charge on any atom is -0.420 e. The van der Waals surface area contributed by atoms with E-state index >= 15 is 0 Å². The maximum Gasteiger partial charge on any atom is 0.179 e. The van der Waals surface area contributed by atoms with Crippen molar-refractivity contribution >= 4 is 15.4 Å². The molecule has 0 saturated heterocycles. The average molecular weight is 303 g/mol. The van der Waals surface area contributed by atoms with E-state index in [0.717, 1.165) is 6.61 Å². The van der Waals surface area contributed by atoms with Gasteiger partial charge in [-0.3, -0.25) is 0 Å². The molecule has 0 saturated carbocycles. The van der Waals surface area contributed by atoms with Crippen LogP contribution in [0, 0.1) is 0 Å². The van der Waals surface area contributed by atoms with E-state index in [-0.39, 0.29) is 0 Å². The summed E-state index contributed by atoms with van der Waals surface area (Å²) in [6, 6.07) is 7.12. The van der Waals surface area contributed by atoms with Gasteiger partial charge in [-0.1, -0.05) is 78.4 Å². The molecule has 0 fully saturated rings. The van der Waals surface area contributed by atoms with Crippen molar-refractivity contribution in [1.82, 2.24) is 0 Å². The third-order valence-corrected chi connectivity index (χ3v) is 25.7. The van der Waals surface area contributed by atoms with Crippen LogP contribution in [0.15, 0.2) is 0 Å². The molecule has 0 rings (SSSR count). The van der Waals surface area contributed by atoms with Gasteiger partial charge in [0.2, 0.25) is 0 Å². The lowest BCUT2D eigenvalue weighted by molar-refractivity contribution is 0.332. The molecule has 0 unspecified atom stereocenters. The fourth-order valence-corrected chi connectivity index (χ4v) is 22.8. The Labute approximate surface area is 124 Å². The van der Waals surface area contributed by atoms with Gasteiger partial charge in [-0.05, 0) is 19.0 Å². The van der Waals surface area contributed by atoms with Crippen molar-refractivity contribution in [3.8, 4) is 0 Å². The van der Waals surface area contributed by atoms with Gasteiger partial charge in [0.15, 0.2) is 7.83 Å². The number of rotatable bonds is 12. The van der Waals surface area contributed by atoms with E-state index in [4.69, 9.17) is 4.43 Å². The Bertz CT molecular complexity index is 211. The van der Waals surface area contributed by atoms with Crippen LogP contribution in [0.25, 0.3) is 0 Å². The van der Waals surface area contributed by atoms with E-state index in [0.29, 0.717) is 0 Å². The summed E-state index contributed by atoms with van der Waals surface area (Å²) in [4.78, 5) is 0. The minimum absolute atomic E-state index is 0.942. The van der Waals surface area contributed by atoms with Gasteiger partial charge in [0, 0.05) is 6.61 Å². The van der Waals surface area contributed by atoms with Crippen LogP contribution in [0.4, 0.5) is 0 Å². The van der Waals surface area contributed by atoms with Crippen LogP contribution in [0.1, 0.15) is 67.2 Å². The van der Waals surface area contributed by atoms with Crippen LogP contribution in [0.2, 0.25) is 30.2 Å². The van der Waals surface area contributed by atoms with E-state index in [2.05, 4.69) is 41.5 Å². The predicted octanol–water partition coefficient (Wildman–Crippen LogP) is 6.16. The zero-order chi connectivity index (χ0) is 14.8. The largest absolute Gasteiger partial charge is 0.420 e. The molecule has 0 aromatic rings. The van der Waals surface area contributed by atoms with Gasteiger partial charge >= 0.3 is 0 Å². The maximum atomic E-state index is 6.53. The van der Waals surface area contributed by atoms with Gasteiger partial charge in [-0.25, -0.2) is 0 Å². The normalized spacial score (nSPS) is 12.9. The molecule has 0 aliphatic heterocycles. The second-order valence-corrected chi connectivity index (χ2v) is 20.0. The quantitative estimate of drug-likeness (QED) is 0.310. The Kier molecular flexibility index (Phi) is 10.4. The number of hydrogen-bond acceptors (Lipinski definition) is 1. The molecule has 0 spiro atoms. The zero-order valence-electron chi connectivity index (χ0n) is 14.5. The highest BCUT2D eigenvalue weighted by Gasteiger charge is 2.51. The summed E-state index contributed by atoms with van der Waals surface area (Å²) >= 11 is 0.